The van der Waals surface area contributed by atoms with Crippen molar-refractivity contribution in [1.82, 2.24) is 9.78 Å². The maximum atomic E-state index is 11.9. The summed E-state index contributed by atoms with van der Waals surface area (Å²) in [7, 11) is 0. The fraction of sp³-hybridized carbons (Fsp3) is 0.429. The summed E-state index contributed by atoms with van der Waals surface area (Å²) < 4.78 is 7.61. The van der Waals surface area contributed by atoms with Crippen molar-refractivity contribution in [2.45, 2.75) is 39.1 Å². The van der Waals surface area contributed by atoms with Gasteiger partial charge in [-0.2, -0.15) is 5.10 Å². The summed E-state index contributed by atoms with van der Waals surface area (Å²) in [5.74, 6) is -0.395. The van der Waals surface area contributed by atoms with E-state index in [1.54, 1.807) is 26.8 Å². The fourth-order valence-electron chi connectivity index (χ4n) is 2.01. The normalized spacial score (nSPS) is 13.4. The minimum absolute atomic E-state index is 0.0396. The summed E-state index contributed by atoms with van der Waals surface area (Å²) in [5, 5.41) is 14.5. The first-order valence-electron chi connectivity index (χ1n) is 6.49. The van der Waals surface area contributed by atoms with Gasteiger partial charge in [0.15, 0.2) is 0 Å². The van der Waals surface area contributed by atoms with E-state index in [1.807, 2.05) is 12.1 Å². The first-order chi connectivity index (χ1) is 9.67. The number of rotatable bonds is 3. The third-order valence-electron chi connectivity index (χ3n) is 2.72. The van der Waals surface area contributed by atoms with Crippen molar-refractivity contribution < 1.29 is 14.6 Å². The van der Waals surface area contributed by atoms with Crippen LogP contribution in [0.4, 0.5) is 0 Å². The minimum Gasteiger partial charge on any atom is -0.459 e. The Kier molecular flexibility index (Phi) is 4.36. The minimum atomic E-state index is -1.21. The predicted octanol–water partition coefficient (Wildman–Crippen LogP) is 2.09. The number of hydrogen-bond donors (Lipinski definition) is 2. The Morgan fingerprint density at radius 1 is 1.52 bits per heavy atom. The number of hydrogen-bond acceptors (Lipinski definition) is 5. The average molecular weight is 356 g/mol. The van der Waals surface area contributed by atoms with Crippen LogP contribution in [0.1, 0.15) is 32.7 Å². The molecule has 2 aromatic rings. The molecule has 1 aromatic carbocycles. The fourth-order valence-corrected chi connectivity index (χ4v) is 2.37. The summed E-state index contributed by atoms with van der Waals surface area (Å²) in [5.41, 5.74) is 6.01. The number of benzene rings is 1. The van der Waals surface area contributed by atoms with Crippen LogP contribution in [0.25, 0.3) is 10.9 Å². The zero-order valence-corrected chi connectivity index (χ0v) is 13.7. The summed E-state index contributed by atoms with van der Waals surface area (Å²) in [4.78, 5) is 11.9. The van der Waals surface area contributed by atoms with E-state index in [0.29, 0.717) is 16.6 Å². The van der Waals surface area contributed by atoms with Crippen molar-refractivity contribution in [3.05, 3.63) is 28.4 Å². The lowest BCUT2D eigenvalue weighted by Crippen LogP contribution is -2.27. The van der Waals surface area contributed by atoms with Crippen LogP contribution in [0.3, 0.4) is 0 Å². The van der Waals surface area contributed by atoms with Crippen LogP contribution in [0.5, 0.6) is 0 Å². The number of ether oxygens (including phenoxy) is 1. The SMILES string of the molecule is CC(C)(C)OC(=O)Cn1nc(C(N)O)c2cc(Br)ccc21. The molecule has 1 unspecified atom stereocenters. The smallest absolute Gasteiger partial charge is 0.328 e. The van der Waals surface area contributed by atoms with E-state index in [4.69, 9.17) is 10.5 Å². The zero-order valence-electron chi connectivity index (χ0n) is 12.1. The number of aliphatic hydroxyl groups excluding tert-OH is 1. The predicted molar refractivity (Wildman–Crippen MR) is 82.4 cm³/mol. The summed E-state index contributed by atoms with van der Waals surface area (Å²) in [6.45, 7) is 5.37. The van der Waals surface area contributed by atoms with Crippen molar-refractivity contribution in [2.75, 3.05) is 0 Å². The molecule has 6 nitrogen and oxygen atoms in total. The Morgan fingerprint density at radius 2 is 2.19 bits per heavy atom. The molecule has 0 bridgehead atoms. The molecule has 114 valence electrons. The van der Waals surface area contributed by atoms with Crippen LogP contribution in [-0.4, -0.2) is 26.5 Å². The molecule has 1 atom stereocenters. The standard InChI is InChI=1S/C14H18BrN3O3/c1-14(2,3)21-11(19)7-18-10-5-4-8(15)6-9(10)12(17-18)13(16)20/h4-6,13,20H,7,16H2,1-3H3. The van der Waals surface area contributed by atoms with Gasteiger partial charge < -0.3 is 15.6 Å². The molecule has 1 aromatic heterocycles. The van der Waals surface area contributed by atoms with Gasteiger partial charge in [0.05, 0.1) is 5.52 Å². The van der Waals surface area contributed by atoms with Gasteiger partial charge in [0.25, 0.3) is 0 Å². The van der Waals surface area contributed by atoms with Crippen LogP contribution < -0.4 is 5.73 Å². The van der Waals surface area contributed by atoms with Gasteiger partial charge >= 0.3 is 5.97 Å². The Labute approximate surface area is 131 Å². The van der Waals surface area contributed by atoms with Gasteiger partial charge in [-0.3, -0.25) is 9.48 Å². The van der Waals surface area contributed by atoms with Gasteiger partial charge in [0.2, 0.25) is 0 Å². The second-order valence-corrected chi connectivity index (χ2v) is 6.65. The van der Waals surface area contributed by atoms with Crippen molar-refractivity contribution in [1.29, 1.82) is 0 Å². The Bertz CT molecular complexity index is 674. The first kappa shape index (κ1) is 15.9. The largest absolute Gasteiger partial charge is 0.459 e. The average Bonchev–Trinajstić information content (AvgIpc) is 2.64. The second-order valence-electron chi connectivity index (χ2n) is 5.74. The number of nitrogens with zero attached hydrogens (tertiary/aromatic N) is 2. The molecule has 0 spiro atoms. The number of nitrogens with two attached hydrogens (primary N) is 1. The molecule has 7 heteroatoms. The van der Waals surface area contributed by atoms with Crippen LogP contribution >= 0.6 is 15.9 Å². The zero-order chi connectivity index (χ0) is 15.8. The molecule has 2 rings (SSSR count). The van der Waals surface area contributed by atoms with Gasteiger partial charge in [-0.15, -0.1) is 0 Å². The summed E-state index contributed by atoms with van der Waals surface area (Å²) in [6.07, 6.45) is -1.21. The quantitative estimate of drug-likeness (QED) is 0.649. The molecule has 0 aliphatic rings. The monoisotopic (exact) mass is 355 g/mol. The van der Waals surface area contributed by atoms with Crippen molar-refractivity contribution >= 4 is 32.8 Å². The van der Waals surface area contributed by atoms with Crippen LogP contribution in [0.2, 0.25) is 0 Å². The van der Waals surface area contributed by atoms with E-state index in [-0.39, 0.29) is 6.54 Å². The van der Waals surface area contributed by atoms with Crippen LogP contribution in [-0.2, 0) is 16.1 Å². The number of fused-ring (bicyclic) bond motifs is 1. The molecule has 0 aliphatic carbocycles. The molecule has 0 aliphatic heterocycles. The van der Waals surface area contributed by atoms with Crippen LogP contribution in [0, 0.1) is 0 Å². The van der Waals surface area contributed by atoms with Gasteiger partial charge in [0, 0.05) is 9.86 Å². The van der Waals surface area contributed by atoms with E-state index >= 15 is 0 Å². The third kappa shape index (κ3) is 3.81. The number of aliphatic hydroxyl groups is 1. The third-order valence-corrected chi connectivity index (χ3v) is 3.21. The topological polar surface area (TPSA) is 90.4 Å². The molecule has 0 amide bonds. The first-order valence-corrected chi connectivity index (χ1v) is 7.28. The van der Waals surface area contributed by atoms with E-state index in [2.05, 4.69) is 21.0 Å². The van der Waals surface area contributed by atoms with Crippen molar-refractivity contribution in [3.63, 3.8) is 0 Å². The van der Waals surface area contributed by atoms with Crippen molar-refractivity contribution in [3.8, 4) is 0 Å². The summed E-state index contributed by atoms with van der Waals surface area (Å²) in [6, 6.07) is 5.45. The highest BCUT2D eigenvalue weighted by Gasteiger charge is 2.20. The molecule has 0 fully saturated rings. The maximum absolute atomic E-state index is 11.9. The number of carbonyl (C=O) groups is 1. The lowest BCUT2D eigenvalue weighted by molar-refractivity contribution is -0.155. The highest BCUT2D eigenvalue weighted by atomic mass is 79.9. The highest BCUT2D eigenvalue weighted by molar-refractivity contribution is 9.10. The van der Waals surface area contributed by atoms with Crippen LogP contribution in [0.15, 0.2) is 22.7 Å². The maximum Gasteiger partial charge on any atom is 0.328 e. The molecular formula is C14H18BrN3O3. The van der Waals surface area contributed by atoms with Crippen molar-refractivity contribution in [2.24, 2.45) is 5.73 Å². The van der Waals surface area contributed by atoms with E-state index in [1.165, 1.54) is 4.68 Å². The van der Waals surface area contributed by atoms with E-state index in [9.17, 15) is 9.90 Å². The second kappa shape index (κ2) is 5.75. The molecule has 1 heterocycles. The number of halogens is 1. The molecule has 0 saturated heterocycles. The highest BCUT2D eigenvalue weighted by Crippen LogP contribution is 2.25. The Hall–Kier alpha value is -1.44. The van der Waals surface area contributed by atoms with E-state index < -0.39 is 17.8 Å². The van der Waals surface area contributed by atoms with Gasteiger partial charge in [0.1, 0.15) is 24.1 Å². The molecule has 0 radical (unpaired) electrons. The Morgan fingerprint density at radius 3 is 2.76 bits per heavy atom. The van der Waals surface area contributed by atoms with Gasteiger partial charge in [-0.1, -0.05) is 15.9 Å². The molecule has 0 saturated carbocycles. The van der Waals surface area contributed by atoms with Gasteiger partial charge in [-0.25, -0.2) is 0 Å². The number of aromatic nitrogens is 2. The Balaban J connectivity index is 2.38. The number of carbonyl (C=O) groups excluding carboxylic acids is 1. The lowest BCUT2D eigenvalue weighted by Gasteiger charge is -2.19. The van der Waals surface area contributed by atoms with Gasteiger partial charge in [-0.05, 0) is 39.0 Å². The van der Waals surface area contributed by atoms with E-state index in [0.717, 1.165) is 4.47 Å². The summed E-state index contributed by atoms with van der Waals surface area (Å²) >= 11 is 3.36. The number of esters is 1. The molecular weight excluding hydrogens is 338 g/mol. The lowest BCUT2D eigenvalue weighted by atomic mass is 10.2. The molecule has 3 N–H and O–H groups in total. The molecule has 21 heavy (non-hydrogen) atoms.